The molecular formula is C35H30Cl2N6O4S. The topological polar surface area (TPSA) is 111 Å². The van der Waals surface area contributed by atoms with Crippen molar-refractivity contribution in [1.29, 1.82) is 0 Å². The summed E-state index contributed by atoms with van der Waals surface area (Å²) >= 11 is 12.7. The zero-order valence-electron chi connectivity index (χ0n) is 25.7. The molecule has 0 saturated carbocycles. The van der Waals surface area contributed by atoms with Gasteiger partial charge in [0.1, 0.15) is 5.82 Å². The van der Waals surface area contributed by atoms with E-state index in [0.29, 0.717) is 40.9 Å². The van der Waals surface area contributed by atoms with Gasteiger partial charge in [0, 0.05) is 54.7 Å². The molecule has 2 N–H and O–H groups in total. The van der Waals surface area contributed by atoms with Crippen LogP contribution in [0.5, 0.6) is 0 Å². The minimum atomic E-state index is -3.91. The molecule has 0 bridgehead atoms. The first kappa shape index (κ1) is 31.6. The van der Waals surface area contributed by atoms with E-state index >= 15 is 0 Å². The third kappa shape index (κ3) is 6.32. The van der Waals surface area contributed by atoms with E-state index in [0.717, 1.165) is 56.5 Å². The number of carbonyl (C=O) groups excluding carboxylic acids is 1. The van der Waals surface area contributed by atoms with Gasteiger partial charge in [0.15, 0.2) is 0 Å². The molecule has 0 unspecified atom stereocenters. The Labute approximate surface area is 288 Å². The maximum atomic E-state index is 12.4. The van der Waals surface area contributed by atoms with Crippen LogP contribution in [0.1, 0.15) is 11.4 Å². The predicted molar refractivity (Wildman–Crippen MR) is 189 cm³/mol. The molecule has 4 aromatic carbocycles. The first-order valence-corrected chi connectivity index (χ1v) is 17.3. The lowest BCUT2D eigenvalue weighted by Gasteiger charge is -2.33. The number of piperazine rings is 1. The number of benzene rings is 4. The van der Waals surface area contributed by atoms with Crippen molar-refractivity contribution in [2.24, 2.45) is 0 Å². The summed E-state index contributed by atoms with van der Waals surface area (Å²) in [5, 5.41) is 10.7. The van der Waals surface area contributed by atoms with Gasteiger partial charge in [-0.25, -0.2) is 14.0 Å². The van der Waals surface area contributed by atoms with E-state index in [4.69, 9.17) is 28.2 Å². The highest BCUT2D eigenvalue weighted by Crippen LogP contribution is 2.32. The number of likely N-dealkylation sites (N-methyl/N-ethyl adjacent to an activating group) is 1. The number of aliphatic hydroxyl groups excluding tert-OH is 1. The monoisotopic (exact) mass is 700 g/mol. The Morgan fingerprint density at radius 1 is 0.854 bits per heavy atom. The molecule has 2 aliphatic heterocycles. The second-order valence-electron chi connectivity index (χ2n) is 11.6. The van der Waals surface area contributed by atoms with Gasteiger partial charge in [-0.15, -0.1) is 0 Å². The quantitative estimate of drug-likeness (QED) is 0.204. The van der Waals surface area contributed by atoms with Crippen LogP contribution >= 0.6 is 23.2 Å². The van der Waals surface area contributed by atoms with E-state index in [9.17, 15) is 18.3 Å². The first-order valence-electron chi connectivity index (χ1n) is 15.1. The molecule has 1 fully saturated rings. The number of amides is 1. The van der Waals surface area contributed by atoms with Crippen molar-refractivity contribution in [3.8, 4) is 28.1 Å². The number of halogens is 2. The molecule has 1 amide bonds. The molecule has 0 aliphatic carbocycles. The van der Waals surface area contributed by atoms with E-state index in [1.807, 2.05) is 23.9 Å². The van der Waals surface area contributed by atoms with Crippen molar-refractivity contribution in [2.75, 3.05) is 35.9 Å². The standard InChI is InChI=1S/C35H30Cl2N6O4S/c1-40-16-17-41(22-35(40)45)27-9-6-25(7-10-27)24-4-2-23(3-5-24)18-33-38-32(30-15-8-26(36)19-31(30)37)20-42(33)28-11-13-29(14-12-28)43-21-34(44)39-48(43,46)47/h2-15,19-21,39,44H,16-18,22H2,1H3. The van der Waals surface area contributed by atoms with Crippen LogP contribution in [0.25, 0.3) is 28.1 Å². The van der Waals surface area contributed by atoms with Gasteiger partial charge in [-0.05, 0) is 71.3 Å². The van der Waals surface area contributed by atoms with Crippen molar-refractivity contribution in [3.63, 3.8) is 0 Å². The third-order valence-corrected chi connectivity index (χ3v) is 10.3. The van der Waals surface area contributed by atoms with Crippen LogP contribution in [0.3, 0.4) is 0 Å². The molecule has 0 spiro atoms. The third-order valence-electron chi connectivity index (χ3n) is 8.44. The largest absolute Gasteiger partial charge is 0.493 e. The lowest BCUT2D eigenvalue weighted by atomic mass is 10.0. The number of rotatable bonds is 7. The van der Waals surface area contributed by atoms with Crippen LogP contribution in [-0.4, -0.2) is 60.6 Å². The Morgan fingerprint density at radius 3 is 2.12 bits per heavy atom. The predicted octanol–water partition coefficient (Wildman–Crippen LogP) is 6.39. The smallest absolute Gasteiger partial charge is 0.330 e. The second-order valence-corrected chi connectivity index (χ2v) is 14.0. The van der Waals surface area contributed by atoms with Crippen molar-refractivity contribution < 1.29 is 18.3 Å². The summed E-state index contributed by atoms with van der Waals surface area (Å²) in [6.45, 7) is 1.90. The number of anilines is 2. The zero-order valence-corrected chi connectivity index (χ0v) is 28.0. The van der Waals surface area contributed by atoms with Crippen molar-refractivity contribution >= 4 is 50.7 Å². The fraction of sp³-hybridized carbons (Fsp3) is 0.143. The van der Waals surface area contributed by atoms with E-state index in [-0.39, 0.29) is 5.91 Å². The number of hydrogen-bond donors (Lipinski definition) is 2. The highest BCUT2D eigenvalue weighted by atomic mass is 35.5. The van der Waals surface area contributed by atoms with Crippen LogP contribution in [-0.2, 0) is 21.4 Å². The molecule has 10 nitrogen and oxygen atoms in total. The molecule has 244 valence electrons. The van der Waals surface area contributed by atoms with Gasteiger partial charge >= 0.3 is 10.2 Å². The number of carbonyl (C=O) groups is 1. The van der Waals surface area contributed by atoms with E-state index < -0.39 is 16.1 Å². The summed E-state index contributed by atoms with van der Waals surface area (Å²) in [5.41, 5.74) is 6.72. The molecule has 7 rings (SSSR count). The SMILES string of the molecule is CN1CCN(c2ccc(-c3ccc(Cc4nc(-c5ccc(Cl)cc5Cl)cn4-c4ccc(N5C=C(O)NS5(=O)=O)cc4)cc3)cc2)CC1=O. The molecule has 0 atom stereocenters. The fourth-order valence-corrected chi connectivity index (χ4v) is 7.36. The zero-order chi connectivity index (χ0) is 33.6. The van der Waals surface area contributed by atoms with Gasteiger partial charge in [-0.3, -0.25) is 4.79 Å². The Balaban J connectivity index is 1.16. The summed E-state index contributed by atoms with van der Waals surface area (Å²) in [7, 11) is -2.08. The molecule has 13 heteroatoms. The van der Waals surface area contributed by atoms with Gasteiger partial charge in [0.05, 0.1) is 29.1 Å². The van der Waals surface area contributed by atoms with Gasteiger partial charge in [0.2, 0.25) is 11.8 Å². The van der Waals surface area contributed by atoms with Crippen LogP contribution in [0.4, 0.5) is 11.4 Å². The molecule has 0 radical (unpaired) electrons. The highest BCUT2D eigenvalue weighted by Gasteiger charge is 2.28. The van der Waals surface area contributed by atoms with E-state index in [1.165, 1.54) is 0 Å². The van der Waals surface area contributed by atoms with Crippen LogP contribution in [0.15, 0.2) is 109 Å². The highest BCUT2D eigenvalue weighted by molar-refractivity contribution is 7.91. The lowest BCUT2D eigenvalue weighted by molar-refractivity contribution is -0.129. The average Bonchev–Trinajstić information content (AvgIpc) is 3.61. The number of aliphatic hydroxyl groups is 1. The molecule has 3 heterocycles. The second kappa shape index (κ2) is 12.6. The van der Waals surface area contributed by atoms with Gasteiger partial charge in [-0.2, -0.15) is 8.42 Å². The van der Waals surface area contributed by atoms with E-state index in [2.05, 4.69) is 58.2 Å². The Hall–Kier alpha value is -4.97. The maximum absolute atomic E-state index is 12.4. The first-order chi connectivity index (χ1) is 23.0. The van der Waals surface area contributed by atoms with Crippen molar-refractivity contribution in [2.45, 2.75) is 6.42 Å². The molecule has 1 aromatic heterocycles. The molecule has 48 heavy (non-hydrogen) atoms. The summed E-state index contributed by atoms with van der Waals surface area (Å²) in [6, 6.07) is 28.7. The molecule has 2 aliphatic rings. The summed E-state index contributed by atoms with van der Waals surface area (Å²) in [6.07, 6.45) is 3.51. The molecule has 5 aromatic rings. The normalized spacial score (nSPS) is 15.9. The Kier molecular flexibility index (Phi) is 8.28. The van der Waals surface area contributed by atoms with Crippen molar-refractivity contribution in [3.05, 3.63) is 131 Å². The average molecular weight is 702 g/mol. The fourth-order valence-electron chi connectivity index (χ4n) is 5.80. The number of aromatic nitrogens is 2. The van der Waals surface area contributed by atoms with E-state index in [1.54, 1.807) is 41.3 Å². The number of imidazole rings is 1. The van der Waals surface area contributed by atoms with Crippen LogP contribution in [0, 0.1) is 0 Å². The van der Waals surface area contributed by atoms with Gasteiger partial charge < -0.3 is 19.5 Å². The van der Waals surface area contributed by atoms with Gasteiger partial charge in [0.25, 0.3) is 0 Å². The number of nitrogens with zero attached hydrogens (tertiary/aromatic N) is 5. The Bertz CT molecular complexity index is 2150. The molecular weight excluding hydrogens is 671 g/mol. The van der Waals surface area contributed by atoms with Crippen LogP contribution < -0.4 is 13.9 Å². The van der Waals surface area contributed by atoms with Gasteiger partial charge in [-0.1, -0.05) is 59.6 Å². The maximum Gasteiger partial charge on any atom is 0.330 e. The minimum Gasteiger partial charge on any atom is -0.493 e. The minimum absolute atomic E-state index is 0.121. The number of hydrogen-bond acceptors (Lipinski definition) is 6. The summed E-state index contributed by atoms with van der Waals surface area (Å²) in [4.78, 5) is 21.0. The summed E-state index contributed by atoms with van der Waals surface area (Å²) in [5.74, 6) is 0.415. The lowest BCUT2D eigenvalue weighted by Crippen LogP contribution is -2.48. The molecule has 1 saturated heterocycles. The van der Waals surface area contributed by atoms with Crippen LogP contribution in [0.2, 0.25) is 10.0 Å². The van der Waals surface area contributed by atoms with Crippen molar-refractivity contribution in [1.82, 2.24) is 19.2 Å². The Morgan fingerprint density at radius 2 is 1.50 bits per heavy atom. The number of nitrogens with one attached hydrogen (secondary N) is 1. The summed E-state index contributed by atoms with van der Waals surface area (Å²) < 4.78 is 29.7.